The Balaban J connectivity index is 1.94. The second-order valence-electron chi connectivity index (χ2n) is 16.6. The molecule has 0 spiro atoms. The smallest absolute Gasteiger partial charge is 0.170 e. The van der Waals surface area contributed by atoms with Crippen LogP contribution >= 0.6 is 54.5 Å². The molecule has 3 aromatic heterocycles. The zero-order valence-electron chi connectivity index (χ0n) is 35.9. The third kappa shape index (κ3) is 12.4. The number of thiophene rings is 2. The highest BCUT2D eigenvalue weighted by Crippen LogP contribution is 2.47. The van der Waals surface area contributed by atoms with Crippen molar-refractivity contribution in [1.29, 1.82) is 0 Å². The third-order valence-electron chi connectivity index (χ3n) is 12.5. The fourth-order valence-corrected chi connectivity index (χ4v) is 12.1. The minimum Gasteiger partial charge on any atom is -0.203 e. The number of nitrogens with zero attached hydrogens (tertiary/aromatic N) is 3. The lowest BCUT2D eigenvalue weighted by Crippen LogP contribution is -2.20. The summed E-state index contributed by atoms with van der Waals surface area (Å²) in [7, 11) is 0. The van der Waals surface area contributed by atoms with Crippen molar-refractivity contribution in [3.8, 4) is 20.9 Å². The molecule has 1 aromatic carbocycles. The summed E-state index contributed by atoms with van der Waals surface area (Å²) < 4.78 is 36.1. The normalized spacial score (nSPS) is 14.8. The van der Waals surface area contributed by atoms with E-state index in [0.717, 1.165) is 58.9 Å². The summed E-state index contributed by atoms with van der Waals surface area (Å²) >= 11 is 10.7. The maximum absolute atomic E-state index is 17.1. The number of unbranched alkanes of at least 4 members (excludes halogenated alkanes) is 4. The van der Waals surface area contributed by atoms with E-state index in [2.05, 4.69) is 99.4 Å². The standard InChI is InChI=1S/C47H71Br2F2N3S2/c1-9-17-21-31(13-5)25-35-29-38(55-46(35)48)40-42(50)43(51)41(39-30-36(47(49)56-39)26-32(14-6)22-18-10-2)45-44(40)52-54(53-45)37(27-33(15-7)23-19-11-3)28-34(16-8)24-20-12-4/h29-34,37H,9-28H2,1-8H3. The molecule has 0 saturated heterocycles. The Morgan fingerprint density at radius 1 is 0.554 bits per heavy atom. The molecule has 4 atom stereocenters. The third-order valence-corrected chi connectivity index (χ3v) is 16.4. The van der Waals surface area contributed by atoms with E-state index in [1.54, 1.807) is 0 Å². The second kappa shape index (κ2) is 24.2. The van der Waals surface area contributed by atoms with Gasteiger partial charge in [-0.05, 0) is 104 Å². The van der Waals surface area contributed by atoms with Crippen LogP contribution in [0, 0.1) is 35.3 Å². The van der Waals surface area contributed by atoms with Gasteiger partial charge < -0.3 is 0 Å². The number of rotatable bonds is 27. The SMILES string of the molecule is CCCCC(CC)Cc1cc(-c2c(F)c(F)c(-c3cc(CC(CC)CCCC)c(Br)s3)c3nn(C(CC(CC)CCCC)CC(CC)CCCC)nc23)sc1Br. The van der Waals surface area contributed by atoms with Gasteiger partial charge in [0, 0.05) is 9.75 Å². The lowest BCUT2D eigenvalue weighted by molar-refractivity contribution is 0.241. The summed E-state index contributed by atoms with van der Waals surface area (Å²) in [6.07, 6.45) is 22.4. The number of hydrogen-bond acceptors (Lipinski definition) is 4. The van der Waals surface area contributed by atoms with E-state index >= 15 is 8.78 Å². The number of halogens is 4. The molecule has 0 N–H and O–H groups in total. The lowest BCUT2D eigenvalue weighted by Gasteiger charge is -2.26. The van der Waals surface area contributed by atoms with Crippen molar-refractivity contribution < 1.29 is 8.78 Å². The van der Waals surface area contributed by atoms with Gasteiger partial charge in [0.1, 0.15) is 11.0 Å². The predicted octanol–water partition coefficient (Wildman–Crippen LogP) is 18.0. The van der Waals surface area contributed by atoms with Crippen LogP contribution in [0.3, 0.4) is 0 Å². The van der Waals surface area contributed by atoms with E-state index in [4.69, 9.17) is 10.2 Å². The van der Waals surface area contributed by atoms with Gasteiger partial charge in [-0.2, -0.15) is 15.0 Å². The van der Waals surface area contributed by atoms with Crippen molar-refractivity contribution in [2.24, 2.45) is 23.7 Å². The topological polar surface area (TPSA) is 30.7 Å². The Morgan fingerprint density at radius 2 is 0.893 bits per heavy atom. The molecule has 0 aliphatic rings. The first kappa shape index (κ1) is 47.5. The van der Waals surface area contributed by atoms with Crippen LogP contribution in [0.4, 0.5) is 8.78 Å². The van der Waals surface area contributed by atoms with Crippen LogP contribution in [0.2, 0.25) is 0 Å². The Labute approximate surface area is 363 Å². The Kier molecular flexibility index (Phi) is 20.5. The van der Waals surface area contributed by atoms with Gasteiger partial charge in [-0.15, -0.1) is 22.7 Å². The predicted molar refractivity (Wildman–Crippen MR) is 248 cm³/mol. The molecule has 3 nitrogen and oxygen atoms in total. The van der Waals surface area contributed by atoms with Crippen molar-refractivity contribution in [3.63, 3.8) is 0 Å². The molecule has 314 valence electrons. The molecule has 4 rings (SSSR count). The molecule has 3 heterocycles. The van der Waals surface area contributed by atoms with Crippen LogP contribution < -0.4 is 0 Å². The fourth-order valence-electron chi connectivity index (χ4n) is 8.56. The van der Waals surface area contributed by atoms with Crippen LogP contribution in [-0.4, -0.2) is 15.0 Å². The number of aromatic nitrogens is 3. The van der Waals surface area contributed by atoms with Gasteiger partial charge in [0.25, 0.3) is 0 Å². The Hall–Kier alpha value is -1.16. The van der Waals surface area contributed by atoms with Gasteiger partial charge in [-0.1, -0.05) is 158 Å². The summed E-state index contributed by atoms with van der Waals surface area (Å²) in [5.41, 5.74) is 3.79. The Bertz CT molecular complexity index is 1640. The molecule has 0 bridgehead atoms. The summed E-state index contributed by atoms with van der Waals surface area (Å²) in [5.74, 6) is 0.569. The molecule has 0 fully saturated rings. The molecule has 0 amide bonds. The summed E-state index contributed by atoms with van der Waals surface area (Å²) in [5, 5.41) is 10.6. The van der Waals surface area contributed by atoms with E-state index in [1.165, 1.54) is 111 Å². The maximum Gasteiger partial charge on any atom is 0.170 e. The minimum atomic E-state index is -0.821. The molecule has 0 aliphatic carbocycles. The monoisotopic (exact) mass is 937 g/mol. The zero-order valence-corrected chi connectivity index (χ0v) is 40.7. The van der Waals surface area contributed by atoms with E-state index in [9.17, 15) is 0 Å². The van der Waals surface area contributed by atoms with Crippen molar-refractivity contribution in [3.05, 3.63) is 42.5 Å². The van der Waals surface area contributed by atoms with Gasteiger partial charge in [-0.3, -0.25) is 0 Å². The first-order valence-electron chi connectivity index (χ1n) is 22.4. The summed E-state index contributed by atoms with van der Waals surface area (Å²) in [6, 6.07) is 4.24. The van der Waals surface area contributed by atoms with Gasteiger partial charge in [0.05, 0.1) is 24.7 Å². The van der Waals surface area contributed by atoms with E-state index in [1.807, 2.05) is 4.80 Å². The highest BCUT2D eigenvalue weighted by atomic mass is 79.9. The molecule has 0 saturated carbocycles. The van der Waals surface area contributed by atoms with Crippen molar-refractivity contribution in [1.82, 2.24) is 15.0 Å². The maximum atomic E-state index is 17.1. The lowest BCUT2D eigenvalue weighted by atomic mass is 9.86. The quantitative estimate of drug-likeness (QED) is 0.0596. The van der Waals surface area contributed by atoms with Gasteiger partial charge in [0.2, 0.25) is 0 Å². The largest absolute Gasteiger partial charge is 0.203 e. The first-order valence-corrected chi connectivity index (χ1v) is 25.6. The molecular formula is C47H71Br2F2N3S2. The van der Waals surface area contributed by atoms with Crippen LogP contribution in [0.1, 0.15) is 188 Å². The van der Waals surface area contributed by atoms with Crippen LogP contribution in [0.15, 0.2) is 19.7 Å². The Morgan fingerprint density at radius 3 is 1.21 bits per heavy atom. The fraction of sp³-hybridized carbons (Fsp3) is 0.702. The number of fused-ring (bicyclic) bond motifs is 1. The number of hydrogen-bond donors (Lipinski definition) is 0. The molecule has 56 heavy (non-hydrogen) atoms. The van der Waals surface area contributed by atoms with Crippen LogP contribution in [0.5, 0.6) is 0 Å². The summed E-state index contributed by atoms with van der Waals surface area (Å²) in [4.78, 5) is 3.34. The molecule has 9 heteroatoms. The van der Waals surface area contributed by atoms with Crippen LogP contribution in [-0.2, 0) is 12.8 Å². The molecule has 4 aromatic rings. The molecule has 0 aliphatic heterocycles. The highest BCUT2D eigenvalue weighted by Gasteiger charge is 2.31. The van der Waals surface area contributed by atoms with Gasteiger partial charge >= 0.3 is 0 Å². The van der Waals surface area contributed by atoms with E-state index in [-0.39, 0.29) is 17.2 Å². The molecule has 0 radical (unpaired) electrons. The van der Waals surface area contributed by atoms with E-state index < -0.39 is 11.6 Å². The number of benzene rings is 1. The van der Waals surface area contributed by atoms with Gasteiger partial charge in [-0.25, -0.2) is 8.78 Å². The average molecular weight is 940 g/mol. The zero-order chi connectivity index (χ0) is 40.8. The van der Waals surface area contributed by atoms with Crippen molar-refractivity contribution in [2.75, 3.05) is 0 Å². The summed E-state index contributed by atoms with van der Waals surface area (Å²) in [6.45, 7) is 18.1. The first-order chi connectivity index (χ1) is 27.1. The van der Waals surface area contributed by atoms with Crippen molar-refractivity contribution >= 4 is 65.6 Å². The van der Waals surface area contributed by atoms with Crippen molar-refractivity contribution in [2.45, 2.75) is 190 Å². The van der Waals surface area contributed by atoms with Gasteiger partial charge in [0.15, 0.2) is 11.6 Å². The molecular weight excluding hydrogens is 868 g/mol. The van der Waals surface area contributed by atoms with E-state index in [0.29, 0.717) is 44.5 Å². The minimum absolute atomic E-state index is 0.0573. The average Bonchev–Trinajstić information content (AvgIpc) is 3.90. The van der Waals surface area contributed by atoms with Crippen LogP contribution in [0.25, 0.3) is 31.9 Å². The highest BCUT2D eigenvalue weighted by molar-refractivity contribution is 9.11. The second-order valence-corrected chi connectivity index (χ2v) is 21.4. The molecule has 4 unspecified atom stereocenters.